The summed E-state index contributed by atoms with van der Waals surface area (Å²) in [5, 5.41) is 0.350. The fourth-order valence-corrected chi connectivity index (χ4v) is 3.84. The standard InChI is InChI=1S/C13H11N3O2S2/c14-9-5-7-10(8-6-9)20(17,18)16-13-15-11-3-1-2-4-12(11)19-13/h1-8H,14H2,(H,15,16). The van der Waals surface area contributed by atoms with Gasteiger partial charge in [-0.15, -0.1) is 0 Å². The summed E-state index contributed by atoms with van der Waals surface area (Å²) in [6.45, 7) is 0. The second-order valence-corrected chi connectivity index (χ2v) is 6.87. The number of hydrogen-bond donors (Lipinski definition) is 2. The van der Waals surface area contributed by atoms with E-state index in [1.54, 1.807) is 12.1 Å². The van der Waals surface area contributed by atoms with Crippen LogP contribution in [0.3, 0.4) is 0 Å². The van der Waals surface area contributed by atoms with Crippen molar-refractivity contribution in [3.05, 3.63) is 48.5 Å². The van der Waals surface area contributed by atoms with Crippen molar-refractivity contribution in [1.29, 1.82) is 0 Å². The van der Waals surface area contributed by atoms with Crippen LogP contribution in [0.15, 0.2) is 53.4 Å². The number of fused-ring (bicyclic) bond motifs is 1. The molecule has 1 heterocycles. The number of nitrogens with zero attached hydrogens (tertiary/aromatic N) is 1. The Morgan fingerprint density at radius 1 is 1.05 bits per heavy atom. The monoisotopic (exact) mass is 305 g/mol. The number of nitrogens with one attached hydrogen (secondary N) is 1. The smallest absolute Gasteiger partial charge is 0.263 e. The van der Waals surface area contributed by atoms with Crippen LogP contribution in [0, 0.1) is 0 Å². The van der Waals surface area contributed by atoms with Crippen LogP contribution in [0.1, 0.15) is 0 Å². The summed E-state index contributed by atoms with van der Waals surface area (Å²) >= 11 is 1.30. The lowest BCUT2D eigenvalue weighted by Crippen LogP contribution is -2.12. The summed E-state index contributed by atoms with van der Waals surface area (Å²) in [5.41, 5.74) is 6.84. The number of rotatable bonds is 3. The normalized spacial score (nSPS) is 11.6. The minimum absolute atomic E-state index is 0.158. The number of thiazole rings is 1. The largest absolute Gasteiger partial charge is 0.399 e. The molecule has 0 atom stereocenters. The maximum atomic E-state index is 12.2. The van der Waals surface area contributed by atoms with E-state index in [4.69, 9.17) is 5.73 Å². The summed E-state index contributed by atoms with van der Waals surface area (Å²) in [7, 11) is -3.64. The van der Waals surface area contributed by atoms with E-state index in [9.17, 15) is 8.42 Å². The average molecular weight is 305 g/mol. The van der Waals surface area contributed by atoms with E-state index in [0.29, 0.717) is 10.8 Å². The van der Waals surface area contributed by atoms with Gasteiger partial charge >= 0.3 is 0 Å². The highest BCUT2D eigenvalue weighted by molar-refractivity contribution is 7.93. The zero-order chi connectivity index (χ0) is 14.2. The molecule has 5 nitrogen and oxygen atoms in total. The van der Waals surface area contributed by atoms with Gasteiger partial charge in [-0.05, 0) is 36.4 Å². The molecule has 0 unspecified atom stereocenters. The molecule has 0 bridgehead atoms. The highest BCUT2D eigenvalue weighted by Crippen LogP contribution is 2.27. The molecule has 0 amide bonds. The van der Waals surface area contributed by atoms with E-state index in [2.05, 4.69) is 9.71 Å². The lowest BCUT2D eigenvalue weighted by Gasteiger charge is -2.04. The molecule has 20 heavy (non-hydrogen) atoms. The van der Waals surface area contributed by atoms with Crippen molar-refractivity contribution in [2.45, 2.75) is 4.90 Å². The van der Waals surface area contributed by atoms with E-state index in [1.807, 2.05) is 24.3 Å². The van der Waals surface area contributed by atoms with Gasteiger partial charge in [0, 0.05) is 5.69 Å². The lowest BCUT2D eigenvalue weighted by molar-refractivity contribution is 0.601. The number of hydrogen-bond acceptors (Lipinski definition) is 5. The van der Waals surface area contributed by atoms with Gasteiger partial charge in [-0.25, -0.2) is 13.4 Å². The third-order valence-corrected chi connectivity index (χ3v) is 5.14. The molecule has 3 rings (SSSR count). The van der Waals surface area contributed by atoms with Gasteiger partial charge in [0.25, 0.3) is 10.0 Å². The predicted octanol–water partition coefficient (Wildman–Crippen LogP) is 2.68. The Labute approximate surface area is 120 Å². The molecular formula is C13H11N3O2S2. The Hall–Kier alpha value is -2.12. The van der Waals surface area contributed by atoms with Crippen molar-refractivity contribution in [1.82, 2.24) is 4.98 Å². The summed E-state index contributed by atoms with van der Waals surface area (Å²) in [4.78, 5) is 4.40. The van der Waals surface area contributed by atoms with Crippen LogP contribution in [0.25, 0.3) is 10.2 Å². The zero-order valence-corrected chi connectivity index (χ0v) is 11.9. The van der Waals surface area contributed by atoms with Crippen LogP contribution in [0.5, 0.6) is 0 Å². The molecule has 7 heteroatoms. The maximum absolute atomic E-state index is 12.2. The van der Waals surface area contributed by atoms with Crippen molar-refractivity contribution in [2.75, 3.05) is 10.5 Å². The molecular weight excluding hydrogens is 294 g/mol. The molecule has 0 saturated heterocycles. The maximum Gasteiger partial charge on any atom is 0.263 e. The van der Waals surface area contributed by atoms with Crippen LogP contribution in [-0.4, -0.2) is 13.4 Å². The molecule has 2 aromatic carbocycles. The molecule has 3 N–H and O–H groups in total. The Morgan fingerprint density at radius 2 is 1.75 bits per heavy atom. The van der Waals surface area contributed by atoms with Gasteiger partial charge in [-0.2, -0.15) is 0 Å². The van der Waals surface area contributed by atoms with Gasteiger partial charge in [0.15, 0.2) is 5.13 Å². The molecule has 0 fully saturated rings. The van der Waals surface area contributed by atoms with Crippen molar-refractivity contribution in [3.8, 4) is 0 Å². The van der Waals surface area contributed by atoms with E-state index >= 15 is 0 Å². The van der Waals surface area contributed by atoms with Gasteiger partial charge in [0.1, 0.15) is 0 Å². The van der Waals surface area contributed by atoms with Crippen molar-refractivity contribution in [3.63, 3.8) is 0 Å². The molecule has 0 saturated carbocycles. The second kappa shape index (κ2) is 4.77. The van der Waals surface area contributed by atoms with Gasteiger partial charge in [0.05, 0.1) is 15.1 Å². The minimum Gasteiger partial charge on any atom is -0.399 e. The lowest BCUT2D eigenvalue weighted by atomic mass is 10.3. The van der Waals surface area contributed by atoms with Crippen LogP contribution in [0.4, 0.5) is 10.8 Å². The highest BCUT2D eigenvalue weighted by atomic mass is 32.2. The van der Waals surface area contributed by atoms with E-state index < -0.39 is 10.0 Å². The molecule has 0 radical (unpaired) electrons. The molecule has 0 spiro atoms. The van der Waals surface area contributed by atoms with Gasteiger partial charge in [-0.3, -0.25) is 4.72 Å². The van der Waals surface area contributed by atoms with E-state index in [0.717, 1.165) is 10.2 Å². The molecule has 3 aromatic rings. The van der Waals surface area contributed by atoms with Crippen molar-refractivity contribution < 1.29 is 8.42 Å². The number of anilines is 2. The first-order valence-electron chi connectivity index (χ1n) is 5.78. The number of nitrogens with two attached hydrogens (primary N) is 1. The molecule has 0 aliphatic rings. The molecule has 0 aliphatic heterocycles. The minimum atomic E-state index is -3.64. The summed E-state index contributed by atoms with van der Waals surface area (Å²) in [6.07, 6.45) is 0. The highest BCUT2D eigenvalue weighted by Gasteiger charge is 2.16. The van der Waals surface area contributed by atoms with Crippen LogP contribution >= 0.6 is 11.3 Å². The van der Waals surface area contributed by atoms with Crippen LogP contribution < -0.4 is 10.5 Å². The van der Waals surface area contributed by atoms with Crippen molar-refractivity contribution in [2.24, 2.45) is 0 Å². The first kappa shape index (κ1) is 12.9. The summed E-state index contributed by atoms with van der Waals surface area (Å²) in [5.74, 6) is 0. The fourth-order valence-electron chi connectivity index (χ4n) is 1.74. The SMILES string of the molecule is Nc1ccc(S(=O)(=O)Nc2nc3ccccc3s2)cc1. The van der Waals surface area contributed by atoms with Crippen LogP contribution in [-0.2, 0) is 10.0 Å². The molecule has 102 valence electrons. The van der Waals surface area contributed by atoms with E-state index in [1.165, 1.54) is 23.5 Å². The topological polar surface area (TPSA) is 85.1 Å². The van der Waals surface area contributed by atoms with Gasteiger partial charge < -0.3 is 5.73 Å². The van der Waals surface area contributed by atoms with Gasteiger partial charge in [0.2, 0.25) is 0 Å². The number of nitrogen functional groups attached to an aromatic ring is 1. The Bertz CT molecular complexity index is 822. The number of sulfonamides is 1. The third-order valence-electron chi connectivity index (χ3n) is 2.71. The fraction of sp³-hybridized carbons (Fsp3) is 0. The second-order valence-electron chi connectivity index (χ2n) is 4.16. The number of para-hydroxylation sites is 1. The van der Waals surface area contributed by atoms with E-state index in [-0.39, 0.29) is 4.90 Å². The first-order valence-corrected chi connectivity index (χ1v) is 8.08. The Balaban J connectivity index is 1.94. The Morgan fingerprint density at radius 3 is 2.45 bits per heavy atom. The first-order chi connectivity index (χ1) is 9.54. The van der Waals surface area contributed by atoms with Crippen molar-refractivity contribution >= 4 is 42.4 Å². The molecule has 1 aromatic heterocycles. The zero-order valence-electron chi connectivity index (χ0n) is 10.3. The predicted molar refractivity (Wildman–Crippen MR) is 81.3 cm³/mol. The third kappa shape index (κ3) is 2.45. The Kier molecular flexibility index (Phi) is 3.07. The molecule has 0 aliphatic carbocycles. The summed E-state index contributed by atoms with van der Waals surface area (Å²) in [6, 6.07) is 13.5. The summed E-state index contributed by atoms with van der Waals surface area (Å²) < 4.78 is 27.8. The quantitative estimate of drug-likeness (QED) is 0.729. The number of benzene rings is 2. The number of aromatic nitrogens is 1. The van der Waals surface area contributed by atoms with Crippen LogP contribution in [0.2, 0.25) is 0 Å². The van der Waals surface area contributed by atoms with Gasteiger partial charge in [-0.1, -0.05) is 23.5 Å². The average Bonchev–Trinajstić information content (AvgIpc) is 2.80.